The van der Waals surface area contributed by atoms with Crippen LogP contribution in [0.25, 0.3) is 0 Å². The van der Waals surface area contributed by atoms with Crippen LogP contribution < -0.4 is 0 Å². The Hall–Kier alpha value is -2.46. The molecule has 0 bridgehead atoms. The van der Waals surface area contributed by atoms with Crippen LogP contribution in [-0.4, -0.2) is 21.8 Å². The molecule has 0 heterocycles. The number of aromatic hydroxyl groups is 1. The first-order valence-electron chi connectivity index (χ1n) is 7.04. The number of aliphatic hydroxyl groups excluding tert-OH is 1. The molecule has 0 aliphatic rings. The first kappa shape index (κ1) is 15.9. The standard InChI is InChI=1S/C18H18O4/c1-12(19)11-15(13-7-3-2-4-8-13)18(22)17(21)14-9-5-6-10-16(14)20/h2-10,15,17,20-21H,11H2,1H3. The predicted octanol–water partition coefficient (Wildman–Crippen LogP) is 2.76. The molecule has 0 aliphatic carbocycles. The molecule has 4 heteroatoms. The third-order valence-corrected chi connectivity index (χ3v) is 3.54. The number of ketones is 2. The number of benzene rings is 2. The van der Waals surface area contributed by atoms with E-state index >= 15 is 0 Å². The Kier molecular flexibility index (Phi) is 5.07. The molecule has 2 unspecified atom stereocenters. The summed E-state index contributed by atoms with van der Waals surface area (Å²) in [6, 6.07) is 15.0. The van der Waals surface area contributed by atoms with Gasteiger partial charge in [0.2, 0.25) is 0 Å². The zero-order chi connectivity index (χ0) is 16.1. The van der Waals surface area contributed by atoms with Crippen molar-refractivity contribution in [2.75, 3.05) is 0 Å². The molecule has 2 N–H and O–H groups in total. The third kappa shape index (κ3) is 3.59. The average molecular weight is 298 g/mol. The van der Waals surface area contributed by atoms with Crippen LogP contribution in [-0.2, 0) is 9.59 Å². The van der Waals surface area contributed by atoms with Gasteiger partial charge in [-0.2, -0.15) is 0 Å². The summed E-state index contributed by atoms with van der Waals surface area (Å²) < 4.78 is 0. The summed E-state index contributed by atoms with van der Waals surface area (Å²) >= 11 is 0. The lowest BCUT2D eigenvalue weighted by atomic mass is 9.86. The Morgan fingerprint density at radius 1 is 1.00 bits per heavy atom. The van der Waals surface area contributed by atoms with Crippen LogP contribution in [0.2, 0.25) is 0 Å². The number of phenolic OH excluding ortho intramolecular Hbond substituents is 1. The Labute approximate surface area is 129 Å². The van der Waals surface area contributed by atoms with Crippen molar-refractivity contribution >= 4 is 11.6 Å². The number of aliphatic hydroxyl groups is 1. The highest BCUT2D eigenvalue weighted by Crippen LogP contribution is 2.31. The largest absolute Gasteiger partial charge is 0.508 e. The van der Waals surface area contributed by atoms with Crippen LogP contribution in [0.1, 0.15) is 36.5 Å². The van der Waals surface area contributed by atoms with Crippen LogP contribution in [0, 0.1) is 0 Å². The van der Waals surface area contributed by atoms with Gasteiger partial charge in [0.05, 0.1) is 5.92 Å². The number of Topliss-reactive ketones (excluding diaryl/α,β-unsaturated/α-hetero) is 2. The Morgan fingerprint density at radius 2 is 1.59 bits per heavy atom. The number of rotatable bonds is 6. The average Bonchev–Trinajstić information content (AvgIpc) is 2.52. The molecule has 0 aromatic heterocycles. The van der Waals surface area contributed by atoms with E-state index in [9.17, 15) is 19.8 Å². The van der Waals surface area contributed by atoms with Gasteiger partial charge in [-0.3, -0.25) is 9.59 Å². The fourth-order valence-corrected chi connectivity index (χ4v) is 2.42. The lowest BCUT2D eigenvalue weighted by Gasteiger charge is -2.19. The van der Waals surface area contributed by atoms with Crippen molar-refractivity contribution in [3.8, 4) is 5.75 Å². The quantitative estimate of drug-likeness (QED) is 0.860. The highest BCUT2D eigenvalue weighted by Gasteiger charge is 2.30. The van der Waals surface area contributed by atoms with E-state index in [1.54, 1.807) is 36.4 Å². The number of para-hydroxylation sites is 1. The van der Waals surface area contributed by atoms with E-state index in [4.69, 9.17) is 0 Å². The predicted molar refractivity (Wildman–Crippen MR) is 82.6 cm³/mol. The molecule has 2 aromatic rings. The highest BCUT2D eigenvalue weighted by atomic mass is 16.3. The normalized spacial score (nSPS) is 13.4. The molecule has 0 radical (unpaired) electrons. The van der Waals surface area contributed by atoms with Gasteiger partial charge < -0.3 is 10.2 Å². The van der Waals surface area contributed by atoms with E-state index in [0.717, 1.165) is 0 Å². The van der Waals surface area contributed by atoms with Crippen LogP contribution in [0.5, 0.6) is 5.75 Å². The van der Waals surface area contributed by atoms with Crippen LogP contribution in [0.3, 0.4) is 0 Å². The molecular formula is C18H18O4. The number of carbonyl (C=O) groups is 2. The van der Waals surface area contributed by atoms with Crippen molar-refractivity contribution in [2.45, 2.75) is 25.4 Å². The smallest absolute Gasteiger partial charge is 0.173 e. The van der Waals surface area contributed by atoms with Crippen molar-refractivity contribution in [1.29, 1.82) is 0 Å². The zero-order valence-electron chi connectivity index (χ0n) is 12.3. The number of hydrogen-bond acceptors (Lipinski definition) is 4. The second-order valence-corrected chi connectivity index (χ2v) is 5.23. The summed E-state index contributed by atoms with van der Waals surface area (Å²) in [6.45, 7) is 1.41. The monoisotopic (exact) mass is 298 g/mol. The maximum absolute atomic E-state index is 12.6. The number of carbonyl (C=O) groups excluding carboxylic acids is 2. The zero-order valence-corrected chi connectivity index (χ0v) is 12.3. The van der Waals surface area contributed by atoms with E-state index < -0.39 is 17.8 Å². The molecule has 0 amide bonds. The molecule has 0 fully saturated rings. The minimum atomic E-state index is -1.47. The van der Waals surface area contributed by atoms with Gasteiger partial charge in [-0.15, -0.1) is 0 Å². The molecular weight excluding hydrogens is 280 g/mol. The van der Waals surface area contributed by atoms with Gasteiger partial charge in [0, 0.05) is 12.0 Å². The van der Waals surface area contributed by atoms with E-state index in [1.165, 1.54) is 19.1 Å². The van der Waals surface area contributed by atoms with Crippen molar-refractivity contribution in [3.05, 3.63) is 65.7 Å². The van der Waals surface area contributed by atoms with Crippen molar-refractivity contribution in [3.63, 3.8) is 0 Å². The van der Waals surface area contributed by atoms with Gasteiger partial charge in [-0.05, 0) is 18.6 Å². The number of phenols is 1. The maximum atomic E-state index is 12.6. The van der Waals surface area contributed by atoms with Gasteiger partial charge >= 0.3 is 0 Å². The molecule has 0 spiro atoms. The first-order chi connectivity index (χ1) is 10.5. The van der Waals surface area contributed by atoms with Gasteiger partial charge in [-0.25, -0.2) is 0 Å². The summed E-state index contributed by atoms with van der Waals surface area (Å²) in [7, 11) is 0. The minimum Gasteiger partial charge on any atom is -0.508 e. The van der Waals surface area contributed by atoms with Gasteiger partial charge in [-0.1, -0.05) is 48.5 Å². The Balaban J connectivity index is 2.33. The maximum Gasteiger partial charge on any atom is 0.173 e. The SMILES string of the molecule is CC(=O)CC(C(=O)C(O)c1ccccc1O)c1ccccc1. The van der Waals surface area contributed by atoms with E-state index in [1.807, 2.05) is 6.07 Å². The Morgan fingerprint density at radius 3 is 2.18 bits per heavy atom. The summed E-state index contributed by atoms with van der Waals surface area (Å²) in [5, 5.41) is 20.1. The van der Waals surface area contributed by atoms with Gasteiger partial charge in [0.15, 0.2) is 5.78 Å². The summed E-state index contributed by atoms with van der Waals surface area (Å²) in [5.74, 6) is -1.50. The molecule has 4 nitrogen and oxygen atoms in total. The molecule has 114 valence electrons. The van der Waals surface area contributed by atoms with Gasteiger partial charge in [0.1, 0.15) is 17.6 Å². The fourth-order valence-electron chi connectivity index (χ4n) is 2.42. The van der Waals surface area contributed by atoms with Crippen LogP contribution in [0.4, 0.5) is 0 Å². The molecule has 2 aromatic carbocycles. The van der Waals surface area contributed by atoms with Gasteiger partial charge in [0.25, 0.3) is 0 Å². The second kappa shape index (κ2) is 7.00. The number of hydrogen-bond donors (Lipinski definition) is 2. The Bertz CT molecular complexity index is 664. The topological polar surface area (TPSA) is 74.6 Å². The van der Waals surface area contributed by atoms with Crippen molar-refractivity contribution < 1.29 is 19.8 Å². The van der Waals surface area contributed by atoms with E-state index in [0.29, 0.717) is 5.56 Å². The van der Waals surface area contributed by atoms with Crippen molar-refractivity contribution in [1.82, 2.24) is 0 Å². The summed E-state index contributed by atoms with van der Waals surface area (Å²) in [4.78, 5) is 24.1. The first-order valence-corrected chi connectivity index (χ1v) is 7.04. The molecule has 22 heavy (non-hydrogen) atoms. The summed E-state index contributed by atoms with van der Waals surface area (Å²) in [5.41, 5.74) is 0.828. The molecule has 2 atom stereocenters. The summed E-state index contributed by atoms with van der Waals surface area (Å²) in [6.07, 6.45) is -1.45. The highest BCUT2D eigenvalue weighted by molar-refractivity contribution is 5.94. The van der Waals surface area contributed by atoms with Crippen LogP contribution in [0.15, 0.2) is 54.6 Å². The molecule has 0 saturated carbocycles. The lowest BCUT2D eigenvalue weighted by Crippen LogP contribution is -2.22. The van der Waals surface area contributed by atoms with E-state index in [2.05, 4.69) is 0 Å². The molecule has 0 aliphatic heterocycles. The van der Waals surface area contributed by atoms with Crippen LogP contribution >= 0.6 is 0 Å². The van der Waals surface area contributed by atoms with Crippen molar-refractivity contribution in [2.24, 2.45) is 0 Å². The molecule has 0 saturated heterocycles. The van der Waals surface area contributed by atoms with E-state index in [-0.39, 0.29) is 23.5 Å². The second-order valence-electron chi connectivity index (χ2n) is 5.23. The third-order valence-electron chi connectivity index (χ3n) is 3.54. The minimum absolute atomic E-state index is 0.0213. The molecule has 2 rings (SSSR count). The fraction of sp³-hybridized carbons (Fsp3) is 0.222. The lowest BCUT2D eigenvalue weighted by molar-refractivity contribution is -0.131.